The zero-order valence-electron chi connectivity index (χ0n) is 9.71. The Hall–Kier alpha value is -2.08. The molecule has 0 atom stereocenters. The molecule has 3 aromatic rings. The predicted octanol–water partition coefficient (Wildman–Crippen LogP) is 3.26. The van der Waals surface area contributed by atoms with E-state index in [0.717, 1.165) is 6.20 Å². The first-order chi connectivity index (χ1) is 9.04. The topological polar surface area (TPSA) is 54.5 Å². The Morgan fingerprint density at radius 3 is 2.74 bits per heavy atom. The Morgan fingerprint density at radius 1 is 1.16 bits per heavy atom. The van der Waals surface area contributed by atoms with E-state index in [0.29, 0.717) is 11.3 Å². The average molecular weight is 281 g/mol. The van der Waals surface area contributed by atoms with Crippen molar-refractivity contribution in [3.63, 3.8) is 0 Å². The molecule has 4 nitrogen and oxygen atoms in total. The highest BCUT2D eigenvalue weighted by Gasteiger charge is 2.14. The number of aromatic amines is 1. The first-order valence-corrected chi connectivity index (χ1v) is 5.76. The van der Waals surface area contributed by atoms with Crippen molar-refractivity contribution in [1.29, 1.82) is 0 Å². The largest absolute Gasteiger partial charge is 0.342 e. The molecule has 96 valence electrons. The van der Waals surface area contributed by atoms with Gasteiger partial charge in [-0.1, -0.05) is 0 Å². The molecule has 0 saturated carbocycles. The van der Waals surface area contributed by atoms with Gasteiger partial charge in [-0.3, -0.25) is 0 Å². The maximum atomic E-state index is 13.9. The van der Waals surface area contributed by atoms with Gasteiger partial charge in [-0.2, -0.15) is 0 Å². The van der Waals surface area contributed by atoms with Gasteiger partial charge in [-0.25, -0.2) is 23.7 Å². The highest BCUT2D eigenvalue weighted by atomic mass is 35.5. The molecule has 0 bridgehead atoms. The molecule has 0 fully saturated rings. The summed E-state index contributed by atoms with van der Waals surface area (Å²) in [5, 5.41) is -0.0994. The van der Waals surface area contributed by atoms with Gasteiger partial charge in [0.15, 0.2) is 11.6 Å². The van der Waals surface area contributed by atoms with Crippen LogP contribution < -0.4 is 0 Å². The minimum atomic E-state index is -0.667. The number of imidazole rings is 1. The van der Waals surface area contributed by atoms with Crippen molar-refractivity contribution in [2.24, 2.45) is 0 Å². The Bertz CT molecular complexity index is 785. The van der Waals surface area contributed by atoms with E-state index in [9.17, 15) is 8.78 Å². The molecule has 0 amide bonds. The van der Waals surface area contributed by atoms with Crippen molar-refractivity contribution in [2.45, 2.75) is 6.92 Å². The van der Waals surface area contributed by atoms with Gasteiger partial charge in [0.2, 0.25) is 5.28 Å². The van der Waals surface area contributed by atoms with Crippen molar-refractivity contribution in [3.8, 4) is 11.3 Å². The van der Waals surface area contributed by atoms with Crippen LogP contribution in [-0.2, 0) is 0 Å². The number of halogens is 3. The van der Waals surface area contributed by atoms with Crippen LogP contribution in [0.15, 0.2) is 18.3 Å². The van der Waals surface area contributed by atoms with Crippen molar-refractivity contribution in [3.05, 3.63) is 41.1 Å². The van der Waals surface area contributed by atoms with E-state index in [1.54, 1.807) is 13.0 Å². The fourth-order valence-corrected chi connectivity index (χ4v) is 2.02. The summed E-state index contributed by atoms with van der Waals surface area (Å²) in [5.41, 5.74) is 0.909. The lowest BCUT2D eigenvalue weighted by molar-refractivity contribution is 0.616. The second-order valence-electron chi connectivity index (χ2n) is 4.01. The summed E-state index contributed by atoms with van der Waals surface area (Å²) in [4.78, 5) is 14.2. The summed E-state index contributed by atoms with van der Waals surface area (Å²) in [6.07, 6.45) is 0.949. The van der Waals surface area contributed by atoms with Crippen molar-refractivity contribution < 1.29 is 8.78 Å². The molecule has 0 saturated heterocycles. The lowest BCUT2D eigenvalue weighted by Gasteiger charge is -2.03. The number of benzene rings is 1. The Balaban J connectivity index is 2.27. The van der Waals surface area contributed by atoms with Crippen LogP contribution in [-0.4, -0.2) is 19.9 Å². The monoisotopic (exact) mass is 280 g/mol. The van der Waals surface area contributed by atoms with Crippen LogP contribution in [0.2, 0.25) is 5.28 Å². The summed E-state index contributed by atoms with van der Waals surface area (Å²) in [5.74, 6) is -0.641. The molecule has 0 aliphatic rings. The molecule has 0 spiro atoms. The quantitative estimate of drug-likeness (QED) is 0.696. The van der Waals surface area contributed by atoms with Gasteiger partial charge in [-0.05, 0) is 30.7 Å². The lowest BCUT2D eigenvalue weighted by Crippen LogP contribution is -1.93. The van der Waals surface area contributed by atoms with Gasteiger partial charge in [0, 0.05) is 5.56 Å². The van der Waals surface area contributed by atoms with Gasteiger partial charge in [0.1, 0.15) is 17.0 Å². The van der Waals surface area contributed by atoms with E-state index >= 15 is 0 Å². The third kappa shape index (κ3) is 2.04. The molecule has 0 aliphatic heterocycles. The molecule has 1 aromatic carbocycles. The molecule has 1 N–H and O–H groups in total. The van der Waals surface area contributed by atoms with Gasteiger partial charge in [0.05, 0.1) is 11.7 Å². The number of nitrogens with one attached hydrogen (secondary N) is 1. The third-order valence-electron chi connectivity index (χ3n) is 2.65. The number of H-pyrrole nitrogens is 1. The van der Waals surface area contributed by atoms with E-state index in [1.165, 1.54) is 6.07 Å². The van der Waals surface area contributed by atoms with Gasteiger partial charge >= 0.3 is 0 Å². The van der Waals surface area contributed by atoms with Crippen LogP contribution in [0.1, 0.15) is 5.82 Å². The lowest BCUT2D eigenvalue weighted by atomic mass is 10.1. The van der Waals surface area contributed by atoms with Crippen molar-refractivity contribution >= 4 is 22.6 Å². The maximum Gasteiger partial charge on any atom is 0.223 e. The predicted molar refractivity (Wildman–Crippen MR) is 66.8 cm³/mol. The zero-order valence-corrected chi connectivity index (χ0v) is 10.5. The zero-order chi connectivity index (χ0) is 13.6. The van der Waals surface area contributed by atoms with Crippen molar-refractivity contribution in [2.75, 3.05) is 0 Å². The smallest absolute Gasteiger partial charge is 0.223 e. The number of aryl methyl sites for hydroxylation is 1. The SMILES string of the molecule is Cc1nc2c(F)cc(-c3nc(Cl)ncc3F)cc2[nH]1. The minimum absolute atomic E-state index is 0.0481. The van der Waals surface area contributed by atoms with Crippen LogP contribution in [0.5, 0.6) is 0 Å². The maximum absolute atomic E-state index is 13.9. The Labute approximate surface area is 111 Å². The molecule has 0 radical (unpaired) electrons. The number of nitrogens with zero attached hydrogens (tertiary/aromatic N) is 3. The van der Waals surface area contributed by atoms with Crippen LogP contribution >= 0.6 is 11.6 Å². The van der Waals surface area contributed by atoms with Crippen LogP contribution in [0, 0.1) is 18.6 Å². The van der Waals surface area contributed by atoms with E-state index < -0.39 is 11.6 Å². The summed E-state index contributed by atoms with van der Waals surface area (Å²) in [6, 6.07) is 2.74. The highest BCUT2D eigenvalue weighted by molar-refractivity contribution is 6.28. The normalized spacial score (nSPS) is 11.2. The van der Waals surface area contributed by atoms with E-state index in [2.05, 4.69) is 19.9 Å². The summed E-state index contributed by atoms with van der Waals surface area (Å²) < 4.78 is 27.6. The number of rotatable bonds is 1. The van der Waals surface area contributed by atoms with E-state index in [-0.39, 0.29) is 22.1 Å². The van der Waals surface area contributed by atoms with Crippen LogP contribution in [0.4, 0.5) is 8.78 Å². The fraction of sp³-hybridized carbons (Fsp3) is 0.0833. The molecular weight excluding hydrogens is 274 g/mol. The molecule has 3 rings (SSSR count). The van der Waals surface area contributed by atoms with E-state index in [4.69, 9.17) is 11.6 Å². The molecule has 0 aliphatic carbocycles. The Kier molecular flexibility index (Phi) is 2.67. The van der Waals surface area contributed by atoms with Crippen molar-refractivity contribution in [1.82, 2.24) is 19.9 Å². The first kappa shape index (κ1) is 12.0. The molecule has 7 heteroatoms. The Morgan fingerprint density at radius 2 is 1.95 bits per heavy atom. The third-order valence-corrected chi connectivity index (χ3v) is 2.83. The summed E-state index contributed by atoms with van der Waals surface area (Å²) in [7, 11) is 0. The first-order valence-electron chi connectivity index (χ1n) is 5.39. The number of hydrogen-bond donors (Lipinski definition) is 1. The standard InChI is InChI=1S/C12H7ClF2N4/c1-5-17-9-3-6(2-7(14)11(9)18-5)10-8(15)4-16-12(13)19-10/h2-4H,1H3,(H,17,18). The minimum Gasteiger partial charge on any atom is -0.342 e. The van der Waals surface area contributed by atoms with Gasteiger partial charge in [-0.15, -0.1) is 0 Å². The average Bonchev–Trinajstić information content (AvgIpc) is 2.73. The molecular formula is C12H7ClF2N4. The summed E-state index contributed by atoms with van der Waals surface area (Å²) in [6.45, 7) is 1.71. The molecule has 2 aromatic heterocycles. The number of aromatic nitrogens is 4. The number of hydrogen-bond acceptors (Lipinski definition) is 3. The molecule has 19 heavy (non-hydrogen) atoms. The molecule has 0 unspecified atom stereocenters. The fourth-order valence-electron chi connectivity index (χ4n) is 1.88. The second kappa shape index (κ2) is 4.24. The van der Waals surface area contributed by atoms with Crippen LogP contribution in [0.25, 0.3) is 22.3 Å². The number of fused-ring (bicyclic) bond motifs is 1. The second-order valence-corrected chi connectivity index (χ2v) is 4.35. The summed E-state index contributed by atoms with van der Waals surface area (Å²) >= 11 is 5.63. The highest BCUT2D eigenvalue weighted by Crippen LogP contribution is 2.26. The van der Waals surface area contributed by atoms with E-state index in [1.807, 2.05) is 0 Å². The van der Waals surface area contributed by atoms with Gasteiger partial charge in [0.25, 0.3) is 0 Å². The molecule has 2 heterocycles. The van der Waals surface area contributed by atoms with Gasteiger partial charge < -0.3 is 4.98 Å². The van der Waals surface area contributed by atoms with Crippen LogP contribution in [0.3, 0.4) is 0 Å².